The van der Waals surface area contributed by atoms with E-state index in [4.69, 9.17) is 23.7 Å². The molecule has 4 atom stereocenters. The average molecular weight is 368 g/mol. The van der Waals surface area contributed by atoms with Crippen LogP contribution in [0.2, 0.25) is 0 Å². The van der Waals surface area contributed by atoms with E-state index < -0.39 is 17.7 Å². The van der Waals surface area contributed by atoms with Crippen molar-refractivity contribution in [2.45, 2.75) is 56.9 Å². The summed E-state index contributed by atoms with van der Waals surface area (Å²) in [6, 6.07) is 18.3. The maximum absolute atomic E-state index is 6.42. The number of hydrogen-bond donors (Lipinski definition) is 0. The molecule has 0 N–H and O–H groups in total. The predicted octanol–water partition coefficient (Wildman–Crippen LogP) is 3.72. The van der Waals surface area contributed by atoms with E-state index in [9.17, 15) is 0 Å². The fourth-order valence-electron chi connectivity index (χ4n) is 4.31. The molecule has 5 heteroatoms. The zero-order chi connectivity index (χ0) is 18.5. The highest BCUT2D eigenvalue weighted by molar-refractivity contribution is 5.33. The molecule has 2 fully saturated rings. The Labute approximate surface area is 159 Å². The molecule has 0 amide bonds. The van der Waals surface area contributed by atoms with E-state index in [0.29, 0.717) is 19.8 Å². The Balaban J connectivity index is 1.50. The summed E-state index contributed by atoms with van der Waals surface area (Å²) < 4.78 is 31.2. The number of benzene rings is 2. The molecule has 27 heavy (non-hydrogen) atoms. The Morgan fingerprint density at radius 1 is 0.963 bits per heavy atom. The van der Waals surface area contributed by atoms with Crippen LogP contribution in [-0.2, 0) is 36.9 Å². The molecule has 0 aromatic heterocycles. The van der Waals surface area contributed by atoms with Gasteiger partial charge in [0.25, 0.3) is 0 Å². The van der Waals surface area contributed by atoms with Crippen LogP contribution in [0.5, 0.6) is 0 Å². The first-order chi connectivity index (χ1) is 13.1. The SMILES string of the molecule is CC1(C)O[C@@H]2[C@@H](CO[C@@]23OCc2ccccc2[C@@H]3OCc2ccccc2)O1. The van der Waals surface area contributed by atoms with Gasteiger partial charge in [0.05, 0.1) is 19.8 Å². The highest BCUT2D eigenvalue weighted by Crippen LogP contribution is 2.51. The second-order valence-electron chi connectivity index (χ2n) is 7.79. The molecule has 1 spiro atoms. The lowest BCUT2D eigenvalue weighted by molar-refractivity contribution is -0.334. The largest absolute Gasteiger partial charge is 0.363 e. The molecule has 5 rings (SSSR count). The van der Waals surface area contributed by atoms with Crippen LogP contribution in [0.3, 0.4) is 0 Å². The lowest BCUT2D eigenvalue weighted by Crippen LogP contribution is -2.53. The van der Waals surface area contributed by atoms with Gasteiger partial charge in [0.1, 0.15) is 18.3 Å². The summed E-state index contributed by atoms with van der Waals surface area (Å²) in [5, 5.41) is 0. The van der Waals surface area contributed by atoms with Gasteiger partial charge in [-0.3, -0.25) is 0 Å². The maximum atomic E-state index is 6.42. The predicted molar refractivity (Wildman–Crippen MR) is 97.7 cm³/mol. The molecule has 0 radical (unpaired) electrons. The lowest BCUT2D eigenvalue weighted by Gasteiger charge is -2.43. The summed E-state index contributed by atoms with van der Waals surface area (Å²) >= 11 is 0. The van der Waals surface area contributed by atoms with Crippen molar-refractivity contribution in [3.63, 3.8) is 0 Å². The van der Waals surface area contributed by atoms with Gasteiger partial charge in [-0.05, 0) is 30.5 Å². The van der Waals surface area contributed by atoms with Crippen molar-refractivity contribution < 1.29 is 23.7 Å². The van der Waals surface area contributed by atoms with Crippen molar-refractivity contribution in [2.75, 3.05) is 6.61 Å². The van der Waals surface area contributed by atoms with Gasteiger partial charge in [-0.15, -0.1) is 0 Å². The monoisotopic (exact) mass is 368 g/mol. The molecule has 2 saturated heterocycles. The Morgan fingerprint density at radius 3 is 2.59 bits per heavy atom. The molecule has 3 heterocycles. The second-order valence-corrected chi connectivity index (χ2v) is 7.79. The summed E-state index contributed by atoms with van der Waals surface area (Å²) in [6.45, 7) is 5.22. The fraction of sp³-hybridized carbons (Fsp3) is 0.455. The van der Waals surface area contributed by atoms with Crippen LogP contribution in [0.1, 0.15) is 36.6 Å². The highest BCUT2D eigenvalue weighted by atomic mass is 16.8. The van der Waals surface area contributed by atoms with Crippen LogP contribution in [0.15, 0.2) is 54.6 Å². The summed E-state index contributed by atoms with van der Waals surface area (Å²) in [4.78, 5) is 0. The van der Waals surface area contributed by atoms with Gasteiger partial charge in [0.2, 0.25) is 5.79 Å². The molecular formula is C22H24O5. The van der Waals surface area contributed by atoms with Crippen LogP contribution in [0.25, 0.3) is 0 Å². The van der Waals surface area contributed by atoms with Crippen molar-refractivity contribution in [3.8, 4) is 0 Å². The smallest absolute Gasteiger partial charge is 0.229 e. The minimum Gasteiger partial charge on any atom is -0.363 e. The summed E-state index contributed by atoms with van der Waals surface area (Å²) in [5.74, 6) is -1.65. The van der Waals surface area contributed by atoms with Gasteiger partial charge in [-0.25, -0.2) is 0 Å². The third-order valence-corrected chi connectivity index (χ3v) is 5.47. The zero-order valence-corrected chi connectivity index (χ0v) is 15.6. The van der Waals surface area contributed by atoms with E-state index in [1.54, 1.807) is 0 Å². The number of fused-ring (bicyclic) bond motifs is 3. The average Bonchev–Trinajstić information content (AvgIpc) is 3.16. The first kappa shape index (κ1) is 17.3. The molecule has 2 aromatic rings. The van der Waals surface area contributed by atoms with Gasteiger partial charge in [-0.1, -0.05) is 54.6 Å². The molecule has 3 aliphatic heterocycles. The highest BCUT2D eigenvalue weighted by Gasteiger charge is 2.65. The standard InChI is InChI=1S/C22H24O5/c1-21(2)26-18-14-25-22(20(18)27-21)19(23-12-15-8-4-3-5-9-15)17-11-7-6-10-16(17)13-24-22/h3-11,18-20H,12-14H2,1-2H3/t18-,19+,20-,22-/m1/s1. The number of rotatable bonds is 3. The third kappa shape index (κ3) is 2.91. The second kappa shape index (κ2) is 6.40. The fourth-order valence-corrected chi connectivity index (χ4v) is 4.31. The van der Waals surface area contributed by atoms with Crippen molar-refractivity contribution in [3.05, 3.63) is 71.3 Å². The van der Waals surface area contributed by atoms with Crippen molar-refractivity contribution in [1.29, 1.82) is 0 Å². The van der Waals surface area contributed by atoms with E-state index in [1.165, 1.54) is 0 Å². The molecule has 0 unspecified atom stereocenters. The van der Waals surface area contributed by atoms with Gasteiger partial charge >= 0.3 is 0 Å². The van der Waals surface area contributed by atoms with Gasteiger partial charge in [-0.2, -0.15) is 0 Å². The van der Waals surface area contributed by atoms with Crippen LogP contribution < -0.4 is 0 Å². The Kier molecular flexibility index (Phi) is 4.11. The Morgan fingerprint density at radius 2 is 1.74 bits per heavy atom. The molecular weight excluding hydrogens is 344 g/mol. The molecule has 0 aliphatic carbocycles. The first-order valence-electron chi connectivity index (χ1n) is 9.44. The lowest BCUT2D eigenvalue weighted by atomic mass is 9.89. The quantitative estimate of drug-likeness (QED) is 0.826. The first-order valence-corrected chi connectivity index (χ1v) is 9.44. The molecule has 0 saturated carbocycles. The summed E-state index contributed by atoms with van der Waals surface area (Å²) in [5.41, 5.74) is 3.31. The normalized spacial score (nSPS) is 33.8. The van der Waals surface area contributed by atoms with E-state index in [2.05, 4.69) is 24.3 Å². The number of hydrogen-bond acceptors (Lipinski definition) is 5. The third-order valence-electron chi connectivity index (χ3n) is 5.47. The van der Waals surface area contributed by atoms with Crippen LogP contribution >= 0.6 is 0 Å². The van der Waals surface area contributed by atoms with Crippen molar-refractivity contribution in [1.82, 2.24) is 0 Å². The molecule has 142 valence electrons. The number of ether oxygens (including phenoxy) is 5. The minimum absolute atomic E-state index is 0.159. The van der Waals surface area contributed by atoms with E-state index in [0.717, 1.165) is 16.7 Å². The van der Waals surface area contributed by atoms with Crippen LogP contribution in [0.4, 0.5) is 0 Å². The van der Waals surface area contributed by atoms with Crippen molar-refractivity contribution >= 4 is 0 Å². The van der Waals surface area contributed by atoms with E-state index in [1.807, 2.05) is 44.2 Å². The van der Waals surface area contributed by atoms with E-state index >= 15 is 0 Å². The van der Waals surface area contributed by atoms with Gasteiger partial charge in [0, 0.05) is 0 Å². The van der Waals surface area contributed by atoms with Crippen LogP contribution in [0, 0.1) is 0 Å². The molecule has 5 nitrogen and oxygen atoms in total. The summed E-state index contributed by atoms with van der Waals surface area (Å²) in [7, 11) is 0. The minimum atomic E-state index is -0.998. The Bertz CT molecular complexity index is 820. The molecule has 0 bridgehead atoms. The van der Waals surface area contributed by atoms with Crippen LogP contribution in [-0.4, -0.2) is 30.4 Å². The summed E-state index contributed by atoms with van der Waals surface area (Å²) in [6.07, 6.45) is -0.884. The topological polar surface area (TPSA) is 46.2 Å². The molecule has 3 aliphatic rings. The van der Waals surface area contributed by atoms with E-state index in [-0.39, 0.29) is 12.2 Å². The Hall–Kier alpha value is -1.76. The molecule has 2 aromatic carbocycles. The van der Waals surface area contributed by atoms with Gasteiger partial charge < -0.3 is 23.7 Å². The maximum Gasteiger partial charge on any atom is 0.229 e. The van der Waals surface area contributed by atoms with Gasteiger partial charge in [0.15, 0.2) is 5.79 Å². The zero-order valence-electron chi connectivity index (χ0n) is 15.6. The van der Waals surface area contributed by atoms with Crippen molar-refractivity contribution in [2.24, 2.45) is 0 Å².